The molecule has 1 aliphatic heterocycles. The number of hydrogen-bond donors (Lipinski definition) is 1. The zero-order valence-electron chi connectivity index (χ0n) is 16.4. The van der Waals surface area contributed by atoms with Crippen LogP contribution < -0.4 is 4.74 Å². The second-order valence-corrected chi connectivity index (χ2v) is 8.26. The largest absolute Gasteiger partial charge is 0.424 e. The van der Waals surface area contributed by atoms with Crippen molar-refractivity contribution >= 4 is 11.3 Å². The molecule has 0 saturated carbocycles. The fourth-order valence-corrected chi connectivity index (χ4v) is 4.43. The van der Waals surface area contributed by atoms with Gasteiger partial charge in [-0.05, 0) is 41.6 Å². The van der Waals surface area contributed by atoms with Crippen LogP contribution in [0.15, 0.2) is 60.2 Å². The Morgan fingerprint density at radius 3 is 2.59 bits per heavy atom. The highest BCUT2D eigenvalue weighted by molar-refractivity contribution is 7.09. The highest BCUT2D eigenvalue weighted by Crippen LogP contribution is 2.22. The fraction of sp³-hybridized carbons (Fsp3) is 0.364. The van der Waals surface area contributed by atoms with Crippen molar-refractivity contribution in [1.82, 2.24) is 19.8 Å². The first-order chi connectivity index (χ1) is 14.3. The van der Waals surface area contributed by atoms with E-state index in [1.165, 1.54) is 10.4 Å². The van der Waals surface area contributed by atoms with Gasteiger partial charge in [-0.15, -0.1) is 11.3 Å². The normalized spacial score (nSPS) is 18.0. The molecule has 7 heteroatoms. The van der Waals surface area contributed by atoms with Crippen LogP contribution in [0, 0.1) is 0 Å². The van der Waals surface area contributed by atoms with E-state index in [4.69, 9.17) is 4.74 Å². The van der Waals surface area contributed by atoms with Gasteiger partial charge in [0.05, 0.1) is 0 Å². The molecule has 1 N–H and O–H groups in total. The molecular weight excluding hydrogens is 384 g/mol. The average Bonchev–Trinajstić information content (AvgIpc) is 3.26. The van der Waals surface area contributed by atoms with Crippen molar-refractivity contribution in [2.45, 2.75) is 25.6 Å². The Labute approximate surface area is 175 Å². The molecule has 0 spiro atoms. The quantitative estimate of drug-likeness (QED) is 0.614. The Hall–Kier alpha value is -2.32. The molecule has 1 saturated heterocycles. The molecule has 1 aliphatic rings. The first-order valence-electron chi connectivity index (χ1n) is 9.93. The van der Waals surface area contributed by atoms with Crippen molar-refractivity contribution in [3.8, 4) is 11.8 Å². The predicted octanol–water partition coefficient (Wildman–Crippen LogP) is 3.40. The standard InChI is InChI=1S/C22H26N4O2S/c27-13-8-19-16-25(11-12-26(19)17-21-3-1-14-29-21)15-18-4-6-20(7-5-18)28-22-23-9-2-10-24-22/h1-7,9-10,14,19,27H,8,11-13,15-17H2/t19-/m0/s1. The number of thiophene rings is 1. The fourth-order valence-electron chi connectivity index (χ4n) is 3.70. The Bertz CT molecular complexity index is 858. The lowest BCUT2D eigenvalue weighted by atomic mass is 10.1. The Balaban J connectivity index is 1.33. The van der Waals surface area contributed by atoms with Gasteiger partial charge in [-0.1, -0.05) is 18.2 Å². The summed E-state index contributed by atoms with van der Waals surface area (Å²) in [5.74, 6) is 0.735. The highest BCUT2D eigenvalue weighted by atomic mass is 32.1. The Kier molecular flexibility index (Phi) is 6.84. The van der Waals surface area contributed by atoms with Crippen LogP contribution in [0.5, 0.6) is 11.8 Å². The van der Waals surface area contributed by atoms with Crippen molar-refractivity contribution in [2.75, 3.05) is 26.2 Å². The number of piperazine rings is 1. The molecule has 2 aromatic heterocycles. The lowest BCUT2D eigenvalue weighted by Crippen LogP contribution is -2.52. The summed E-state index contributed by atoms with van der Waals surface area (Å²) >= 11 is 1.80. The highest BCUT2D eigenvalue weighted by Gasteiger charge is 2.26. The monoisotopic (exact) mass is 410 g/mol. The summed E-state index contributed by atoms with van der Waals surface area (Å²) in [4.78, 5) is 14.5. The number of benzene rings is 1. The lowest BCUT2D eigenvalue weighted by molar-refractivity contribution is 0.0506. The minimum Gasteiger partial charge on any atom is -0.424 e. The van der Waals surface area contributed by atoms with Crippen molar-refractivity contribution in [2.24, 2.45) is 0 Å². The molecule has 3 heterocycles. The minimum atomic E-state index is 0.229. The minimum absolute atomic E-state index is 0.229. The molecule has 6 nitrogen and oxygen atoms in total. The van der Waals surface area contributed by atoms with Gasteiger partial charge in [-0.25, -0.2) is 9.97 Å². The molecule has 1 fully saturated rings. The van der Waals surface area contributed by atoms with Crippen LogP contribution >= 0.6 is 11.3 Å². The molecule has 0 aliphatic carbocycles. The van der Waals surface area contributed by atoms with Crippen LogP contribution in [0.25, 0.3) is 0 Å². The molecule has 1 atom stereocenters. The van der Waals surface area contributed by atoms with Gasteiger partial charge in [0.15, 0.2) is 0 Å². The molecule has 0 unspecified atom stereocenters. The number of aliphatic hydroxyl groups excluding tert-OH is 1. The van der Waals surface area contributed by atoms with Crippen molar-refractivity contribution in [3.05, 3.63) is 70.7 Å². The van der Waals surface area contributed by atoms with E-state index in [2.05, 4.69) is 49.4 Å². The summed E-state index contributed by atoms with van der Waals surface area (Å²) in [5, 5.41) is 11.7. The van der Waals surface area contributed by atoms with Crippen molar-refractivity contribution in [3.63, 3.8) is 0 Å². The molecule has 0 radical (unpaired) electrons. The van der Waals surface area contributed by atoms with Crippen LogP contribution in [0.1, 0.15) is 16.9 Å². The third-order valence-electron chi connectivity index (χ3n) is 5.17. The zero-order chi connectivity index (χ0) is 19.9. The predicted molar refractivity (Wildman–Crippen MR) is 114 cm³/mol. The Morgan fingerprint density at radius 2 is 1.86 bits per heavy atom. The molecule has 0 amide bonds. The van der Waals surface area contributed by atoms with Gasteiger partial charge in [0, 0.05) is 62.6 Å². The molecule has 0 bridgehead atoms. The maximum atomic E-state index is 9.52. The summed E-state index contributed by atoms with van der Waals surface area (Å²) in [5.41, 5.74) is 1.25. The van der Waals surface area contributed by atoms with Crippen LogP contribution in [0.3, 0.4) is 0 Å². The number of aromatic nitrogens is 2. The van der Waals surface area contributed by atoms with Crippen LogP contribution in [0.2, 0.25) is 0 Å². The summed E-state index contributed by atoms with van der Waals surface area (Å²) in [6, 6.07) is 14.9. The van der Waals surface area contributed by atoms with E-state index in [0.29, 0.717) is 12.1 Å². The second-order valence-electron chi connectivity index (χ2n) is 7.23. The first-order valence-corrected chi connectivity index (χ1v) is 10.8. The maximum absolute atomic E-state index is 9.52. The second kappa shape index (κ2) is 9.93. The Morgan fingerprint density at radius 1 is 1.03 bits per heavy atom. The smallest absolute Gasteiger partial charge is 0.321 e. The summed E-state index contributed by atoms with van der Waals surface area (Å²) in [7, 11) is 0. The molecule has 1 aromatic carbocycles. The van der Waals surface area contributed by atoms with E-state index >= 15 is 0 Å². The van der Waals surface area contributed by atoms with Crippen LogP contribution in [-0.4, -0.2) is 57.2 Å². The van der Waals surface area contributed by atoms with Gasteiger partial charge in [-0.2, -0.15) is 0 Å². The van der Waals surface area contributed by atoms with Gasteiger partial charge < -0.3 is 9.84 Å². The van der Waals surface area contributed by atoms with E-state index in [1.54, 1.807) is 29.8 Å². The van der Waals surface area contributed by atoms with Gasteiger partial charge in [0.1, 0.15) is 5.75 Å². The van der Waals surface area contributed by atoms with E-state index in [1.807, 2.05) is 12.1 Å². The maximum Gasteiger partial charge on any atom is 0.321 e. The van der Waals surface area contributed by atoms with Crippen LogP contribution in [-0.2, 0) is 13.1 Å². The number of ether oxygens (including phenoxy) is 1. The molecule has 152 valence electrons. The average molecular weight is 411 g/mol. The number of aliphatic hydroxyl groups is 1. The molecule has 3 aromatic rings. The lowest BCUT2D eigenvalue weighted by Gasteiger charge is -2.41. The van der Waals surface area contributed by atoms with Crippen LogP contribution in [0.4, 0.5) is 0 Å². The first kappa shape index (κ1) is 20.0. The third kappa shape index (κ3) is 5.61. The topological polar surface area (TPSA) is 61.7 Å². The number of rotatable bonds is 8. The van der Waals surface area contributed by atoms with E-state index in [0.717, 1.165) is 44.9 Å². The van der Waals surface area contributed by atoms with Gasteiger partial charge in [-0.3, -0.25) is 9.80 Å². The summed E-state index contributed by atoms with van der Waals surface area (Å²) in [6.07, 6.45) is 4.14. The molecule has 4 rings (SSSR count). The van der Waals surface area contributed by atoms with E-state index in [-0.39, 0.29) is 6.61 Å². The third-order valence-corrected chi connectivity index (χ3v) is 6.03. The summed E-state index contributed by atoms with van der Waals surface area (Å²) < 4.78 is 5.67. The zero-order valence-corrected chi connectivity index (χ0v) is 17.2. The number of nitrogens with zero attached hydrogens (tertiary/aromatic N) is 4. The summed E-state index contributed by atoms with van der Waals surface area (Å²) in [6.45, 7) is 5.13. The van der Waals surface area contributed by atoms with Gasteiger partial charge in [0.25, 0.3) is 0 Å². The van der Waals surface area contributed by atoms with Gasteiger partial charge in [0.2, 0.25) is 0 Å². The van der Waals surface area contributed by atoms with E-state index < -0.39 is 0 Å². The van der Waals surface area contributed by atoms with Crippen molar-refractivity contribution in [1.29, 1.82) is 0 Å². The van der Waals surface area contributed by atoms with Gasteiger partial charge >= 0.3 is 6.01 Å². The molecular formula is C22H26N4O2S. The number of hydrogen-bond acceptors (Lipinski definition) is 7. The molecule has 29 heavy (non-hydrogen) atoms. The SMILES string of the molecule is OCC[C@H]1CN(Cc2ccc(Oc3ncccn3)cc2)CCN1Cc1cccs1. The van der Waals surface area contributed by atoms with Crippen molar-refractivity contribution < 1.29 is 9.84 Å². The van der Waals surface area contributed by atoms with E-state index in [9.17, 15) is 5.11 Å².